The highest BCUT2D eigenvalue weighted by atomic mass is 32.1. The Kier molecular flexibility index (Phi) is 4.68. The quantitative estimate of drug-likeness (QED) is 0.858. The Morgan fingerprint density at radius 1 is 1.35 bits per heavy atom. The number of methoxy groups -OCH3 is 1. The highest BCUT2D eigenvalue weighted by molar-refractivity contribution is 7.09. The number of thiazole rings is 1. The van der Waals surface area contributed by atoms with Gasteiger partial charge in [-0.3, -0.25) is 0 Å². The molecule has 106 valence electrons. The van der Waals surface area contributed by atoms with Crippen LogP contribution in [-0.4, -0.2) is 29.6 Å². The van der Waals surface area contributed by atoms with Crippen LogP contribution in [0.3, 0.4) is 0 Å². The lowest BCUT2D eigenvalue weighted by Gasteiger charge is -2.07. The van der Waals surface area contributed by atoms with Crippen LogP contribution in [0.2, 0.25) is 0 Å². The second-order valence-corrected chi connectivity index (χ2v) is 5.32. The normalized spacial score (nSPS) is 10.3. The van der Waals surface area contributed by atoms with Gasteiger partial charge in [0.05, 0.1) is 23.4 Å². The third kappa shape index (κ3) is 3.54. The van der Waals surface area contributed by atoms with E-state index in [9.17, 15) is 4.79 Å². The molecule has 0 unspecified atom stereocenters. The number of esters is 1. The molecule has 0 bridgehead atoms. The van der Waals surface area contributed by atoms with Crippen LogP contribution in [0.4, 0.5) is 5.82 Å². The van der Waals surface area contributed by atoms with Gasteiger partial charge in [0.1, 0.15) is 5.82 Å². The van der Waals surface area contributed by atoms with E-state index in [4.69, 9.17) is 4.74 Å². The van der Waals surface area contributed by atoms with Gasteiger partial charge < -0.3 is 10.1 Å². The van der Waals surface area contributed by atoms with Crippen LogP contribution in [-0.2, 0) is 11.2 Å². The van der Waals surface area contributed by atoms with Crippen molar-refractivity contribution in [2.24, 2.45) is 0 Å². The molecule has 2 aromatic heterocycles. The Balaban J connectivity index is 1.93. The smallest absolute Gasteiger partial charge is 0.339 e. The number of nitrogens with one attached hydrogen (secondary N) is 1. The van der Waals surface area contributed by atoms with Crippen LogP contribution in [0.1, 0.15) is 26.8 Å². The van der Waals surface area contributed by atoms with Crippen molar-refractivity contribution in [3.8, 4) is 0 Å². The number of nitrogens with zero attached hydrogens (tertiary/aromatic N) is 2. The molecule has 0 saturated heterocycles. The zero-order valence-corrected chi connectivity index (χ0v) is 12.6. The molecule has 20 heavy (non-hydrogen) atoms. The summed E-state index contributed by atoms with van der Waals surface area (Å²) in [6.07, 6.45) is 0.859. The molecule has 0 radical (unpaired) electrons. The van der Waals surface area contributed by atoms with E-state index in [2.05, 4.69) is 15.3 Å². The Hall–Kier alpha value is -1.95. The monoisotopic (exact) mass is 291 g/mol. The largest absolute Gasteiger partial charge is 0.465 e. The molecule has 0 fully saturated rings. The third-order valence-corrected chi connectivity index (χ3v) is 3.83. The Labute approximate surface area is 122 Å². The average molecular weight is 291 g/mol. The highest BCUT2D eigenvalue weighted by Gasteiger charge is 2.10. The molecular formula is C14H17N3O2S. The van der Waals surface area contributed by atoms with Gasteiger partial charge in [0.2, 0.25) is 0 Å². The van der Waals surface area contributed by atoms with E-state index >= 15 is 0 Å². The van der Waals surface area contributed by atoms with Crippen LogP contribution in [0.5, 0.6) is 0 Å². The molecule has 0 aliphatic rings. The lowest BCUT2D eigenvalue weighted by molar-refractivity contribution is 0.0599. The van der Waals surface area contributed by atoms with E-state index in [1.54, 1.807) is 30.4 Å². The molecule has 0 saturated carbocycles. The maximum Gasteiger partial charge on any atom is 0.339 e. The number of rotatable bonds is 5. The number of aryl methyl sites for hydroxylation is 2. The summed E-state index contributed by atoms with van der Waals surface area (Å²) in [5, 5.41) is 6.38. The molecule has 0 atom stereocenters. The van der Waals surface area contributed by atoms with E-state index in [1.165, 1.54) is 7.11 Å². The van der Waals surface area contributed by atoms with Gasteiger partial charge in [-0.15, -0.1) is 11.3 Å². The topological polar surface area (TPSA) is 64.1 Å². The van der Waals surface area contributed by atoms with E-state index in [0.29, 0.717) is 11.3 Å². The fraction of sp³-hybridized carbons (Fsp3) is 0.357. The zero-order chi connectivity index (χ0) is 14.5. The third-order valence-electron chi connectivity index (χ3n) is 2.80. The van der Waals surface area contributed by atoms with Crippen LogP contribution in [0.15, 0.2) is 17.5 Å². The summed E-state index contributed by atoms with van der Waals surface area (Å²) in [5.41, 5.74) is 2.21. The van der Waals surface area contributed by atoms with Crippen molar-refractivity contribution in [3.63, 3.8) is 0 Å². The number of pyridine rings is 1. The van der Waals surface area contributed by atoms with Gasteiger partial charge in [-0.05, 0) is 26.0 Å². The van der Waals surface area contributed by atoms with Crippen molar-refractivity contribution >= 4 is 23.1 Å². The summed E-state index contributed by atoms with van der Waals surface area (Å²) in [4.78, 5) is 20.2. The second kappa shape index (κ2) is 6.47. The Bertz CT molecular complexity index is 610. The zero-order valence-electron chi connectivity index (χ0n) is 11.8. The first-order chi connectivity index (χ1) is 9.60. The first kappa shape index (κ1) is 14.5. The average Bonchev–Trinajstić information content (AvgIpc) is 2.84. The number of hydrogen-bond acceptors (Lipinski definition) is 6. The number of aromatic nitrogens is 2. The van der Waals surface area contributed by atoms with Crippen molar-refractivity contribution in [1.82, 2.24) is 9.97 Å². The minimum Gasteiger partial charge on any atom is -0.465 e. The van der Waals surface area contributed by atoms with Gasteiger partial charge in [-0.1, -0.05) is 0 Å². The molecular weight excluding hydrogens is 274 g/mol. The molecule has 2 rings (SSSR count). The number of hydrogen-bond donors (Lipinski definition) is 1. The Morgan fingerprint density at radius 3 is 2.75 bits per heavy atom. The van der Waals surface area contributed by atoms with E-state index < -0.39 is 0 Å². The lowest BCUT2D eigenvalue weighted by Crippen LogP contribution is -2.09. The van der Waals surface area contributed by atoms with Crippen LogP contribution in [0.25, 0.3) is 0 Å². The Morgan fingerprint density at radius 2 is 2.15 bits per heavy atom. The van der Waals surface area contributed by atoms with Crippen LogP contribution in [0, 0.1) is 13.8 Å². The number of ether oxygens (including phenoxy) is 1. The van der Waals surface area contributed by atoms with Gasteiger partial charge in [0, 0.05) is 24.0 Å². The standard InChI is InChI=1S/C14H17N3O2S/c1-9-8-20-13(16-9)6-7-15-12-5-4-11(10(2)17-12)14(18)19-3/h4-5,8H,6-7H2,1-3H3,(H,15,17). The van der Waals surface area contributed by atoms with Crippen molar-refractivity contribution in [2.75, 3.05) is 19.0 Å². The van der Waals surface area contributed by atoms with Crippen molar-refractivity contribution in [2.45, 2.75) is 20.3 Å². The predicted octanol–water partition coefficient (Wildman–Crippen LogP) is 2.60. The molecule has 1 N–H and O–H groups in total. The van der Waals surface area contributed by atoms with Gasteiger partial charge in [-0.25, -0.2) is 14.8 Å². The van der Waals surface area contributed by atoms with Gasteiger partial charge in [-0.2, -0.15) is 0 Å². The van der Waals surface area contributed by atoms with Crippen molar-refractivity contribution < 1.29 is 9.53 Å². The summed E-state index contributed by atoms with van der Waals surface area (Å²) in [6.45, 7) is 4.54. The van der Waals surface area contributed by atoms with E-state index in [0.717, 1.165) is 29.5 Å². The fourth-order valence-corrected chi connectivity index (χ4v) is 2.58. The fourth-order valence-electron chi connectivity index (χ4n) is 1.80. The summed E-state index contributed by atoms with van der Waals surface area (Å²) in [5.74, 6) is 0.392. The molecule has 0 amide bonds. The lowest BCUT2D eigenvalue weighted by atomic mass is 10.2. The van der Waals surface area contributed by atoms with Gasteiger partial charge in [0.15, 0.2) is 0 Å². The maximum atomic E-state index is 11.5. The summed E-state index contributed by atoms with van der Waals surface area (Å²) < 4.78 is 4.69. The summed E-state index contributed by atoms with van der Waals surface area (Å²) in [7, 11) is 1.37. The summed E-state index contributed by atoms with van der Waals surface area (Å²) in [6, 6.07) is 3.51. The first-order valence-electron chi connectivity index (χ1n) is 6.31. The number of carbonyl (C=O) groups is 1. The maximum absolute atomic E-state index is 11.5. The number of carbonyl (C=O) groups excluding carboxylic acids is 1. The first-order valence-corrected chi connectivity index (χ1v) is 7.19. The molecule has 2 heterocycles. The van der Waals surface area contributed by atoms with E-state index in [1.807, 2.05) is 12.3 Å². The molecule has 2 aromatic rings. The molecule has 0 aliphatic heterocycles. The molecule has 0 aliphatic carbocycles. The molecule has 5 nitrogen and oxygen atoms in total. The van der Waals surface area contributed by atoms with Gasteiger partial charge >= 0.3 is 5.97 Å². The molecule has 6 heteroatoms. The van der Waals surface area contributed by atoms with Gasteiger partial charge in [0.25, 0.3) is 0 Å². The number of anilines is 1. The molecule has 0 aromatic carbocycles. The van der Waals surface area contributed by atoms with Crippen molar-refractivity contribution in [3.05, 3.63) is 39.5 Å². The second-order valence-electron chi connectivity index (χ2n) is 4.38. The minimum atomic E-state index is -0.361. The highest BCUT2D eigenvalue weighted by Crippen LogP contribution is 2.13. The predicted molar refractivity (Wildman–Crippen MR) is 79.4 cm³/mol. The minimum absolute atomic E-state index is 0.361. The summed E-state index contributed by atoms with van der Waals surface area (Å²) >= 11 is 1.66. The van der Waals surface area contributed by atoms with Crippen molar-refractivity contribution in [1.29, 1.82) is 0 Å². The van der Waals surface area contributed by atoms with E-state index in [-0.39, 0.29) is 5.97 Å². The SMILES string of the molecule is COC(=O)c1ccc(NCCc2nc(C)cs2)nc1C. The van der Waals surface area contributed by atoms with Crippen LogP contribution < -0.4 is 5.32 Å². The van der Waals surface area contributed by atoms with Crippen LogP contribution >= 0.6 is 11.3 Å². The molecule has 0 spiro atoms.